The van der Waals surface area contributed by atoms with Gasteiger partial charge in [0.25, 0.3) is 0 Å². The minimum absolute atomic E-state index is 0.0134. The van der Waals surface area contributed by atoms with E-state index in [1.165, 1.54) is 18.2 Å². The van der Waals surface area contributed by atoms with Crippen LogP contribution in [-0.4, -0.2) is 36.2 Å². The average Bonchev–Trinajstić information content (AvgIpc) is 2.79. The van der Waals surface area contributed by atoms with Gasteiger partial charge in [0, 0.05) is 24.8 Å². The van der Waals surface area contributed by atoms with Crippen LogP contribution in [0.3, 0.4) is 0 Å². The van der Waals surface area contributed by atoms with Crippen molar-refractivity contribution in [2.75, 3.05) is 17.3 Å². The monoisotopic (exact) mass is 483 g/mol. The zero-order chi connectivity index (χ0) is 23.8. The summed E-state index contributed by atoms with van der Waals surface area (Å²) in [4.78, 5) is 1.77. The van der Waals surface area contributed by atoms with Crippen molar-refractivity contribution in [1.29, 1.82) is 0 Å². The van der Waals surface area contributed by atoms with Gasteiger partial charge in [0.2, 0.25) is 0 Å². The number of nitrogens with zero attached hydrogens (tertiary/aromatic N) is 1. The van der Waals surface area contributed by atoms with Gasteiger partial charge in [0.1, 0.15) is 17.2 Å². The molecule has 0 aliphatic carbocycles. The van der Waals surface area contributed by atoms with Crippen LogP contribution in [0.5, 0.6) is 17.2 Å². The van der Waals surface area contributed by atoms with Gasteiger partial charge in [0.05, 0.1) is 12.0 Å². The average molecular weight is 484 g/mol. The molecule has 0 bridgehead atoms. The number of aliphatic hydroxyl groups is 1. The van der Waals surface area contributed by atoms with E-state index in [0.29, 0.717) is 22.7 Å². The molecule has 33 heavy (non-hydrogen) atoms. The highest BCUT2D eigenvalue weighted by atomic mass is 35.5. The van der Waals surface area contributed by atoms with Crippen molar-refractivity contribution >= 4 is 17.3 Å². The lowest BCUT2D eigenvalue weighted by Crippen LogP contribution is -2.34. The molecule has 1 unspecified atom stereocenters. The maximum absolute atomic E-state index is 13.3. The summed E-state index contributed by atoms with van der Waals surface area (Å²) in [5, 5.41) is 10.1. The van der Waals surface area contributed by atoms with Gasteiger partial charge in [-0.15, -0.1) is 11.6 Å². The summed E-state index contributed by atoms with van der Waals surface area (Å²) in [6.45, 7) is 0.302. The molecule has 0 heterocycles. The molecule has 0 aromatic heterocycles. The quantitative estimate of drug-likeness (QED) is 0.256. The van der Waals surface area contributed by atoms with Gasteiger partial charge in [-0.3, -0.25) is 0 Å². The Balaban J connectivity index is 1.82. The topological polar surface area (TPSA) is 41.9 Å². The molecule has 176 valence electrons. The van der Waals surface area contributed by atoms with Gasteiger partial charge in [-0.25, -0.2) is 0 Å². The van der Waals surface area contributed by atoms with Gasteiger partial charge >= 0.3 is 12.5 Å². The second-order valence-corrected chi connectivity index (χ2v) is 7.52. The molecule has 0 saturated heterocycles. The number of hydrogen-bond donors (Lipinski definition) is 1. The molecule has 3 aromatic rings. The third kappa shape index (κ3) is 7.27. The second kappa shape index (κ2) is 11.2. The van der Waals surface area contributed by atoms with Crippen LogP contribution in [-0.2, 0) is 6.54 Å². The van der Waals surface area contributed by atoms with Crippen molar-refractivity contribution in [3.8, 4) is 17.2 Å². The van der Waals surface area contributed by atoms with E-state index in [4.69, 9.17) is 16.3 Å². The number of hydrogen-bond acceptors (Lipinski definition) is 4. The van der Waals surface area contributed by atoms with Crippen molar-refractivity contribution in [3.63, 3.8) is 0 Å². The van der Waals surface area contributed by atoms with E-state index in [1.54, 1.807) is 35.2 Å². The fraction of sp³-hybridized carbons (Fsp3) is 0.250. The van der Waals surface area contributed by atoms with E-state index < -0.39 is 24.4 Å². The standard InChI is InChI=1S/C24H22ClF4NO3/c25-14-19(31)16-30(15-17-6-4-11-22(12-17)33-24(28,29)23(26)27)18-7-5-10-21(13-18)32-20-8-2-1-3-9-20/h1-13,19,23,31H,14-16H2. The first kappa shape index (κ1) is 24.7. The molecular formula is C24H22ClF4NO3. The lowest BCUT2D eigenvalue weighted by molar-refractivity contribution is -0.253. The number of aliphatic hydroxyl groups excluding tert-OH is 1. The van der Waals surface area contributed by atoms with Crippen LogP contribution in [0.1, 0.15) is 5.56 Å². The van der Waals surface area contributed by atoms with Crippen LogP contribution >= 0.6 is 11.6 Å². The summed E-state index contributed by atoms with van der Waals surface area (Å²) < 4.78 is 61.6. The van der Waals surface area contributed by atoms with E-state index >= 15 is 0 Å². The molecule has 1 atom stereocenters. The van der Waals surface area contributed by atoms with Crippen LogP contribution in [0.2, 0.25) is 0 Å². The van der Waals surface area contributed by atoms with Crippen LogP contribution in [0.25, 0.3) is 0 Å². The first-order valence-electron chi connectivity index (χ1n) is 10.0. The van der Waals surface area contributed by atoms with Gasteiger partial charge in [-0.1, -0.05) is 36.4 Å². The SMILES string of the molecule is OC(CCl)CN(Cc1cccc(OC(F)(F)C(F)F)c1)c1cccc(Oc2ccccc2)c1. The summed E-state index contributed by atoms with van der Waals surface area (Å²) >= 11 is 5.78. The lowest BCUT2D eigenvalue weighted by Gasteiger charge is -2.27. The molecule has 1 N–H and O–H groups in total. The molecule has 0 saturated carbocycles. The maximum Gasteiger partial charge on any atom is 0.461 e. The fourth-order valence-electron chi connectivity index (χ4n) is 3.06. The lowest BCUT2D eigenvalue weighted by atomic mass is 10.1. The number of benzene rings is 3. The van der Waals surface area contributed by atoms with E-state index in [2.05, 4.69) is 4.74 Å². The van der Waals surface area contributed by atoms with Gasteiger partial charge in [0.15, 0.2) is 0 Å². The van der Waals surface area contributed by atoms with E-state index in [0.717, 1.165) is 0 Å². The Kier molecular flexibility index (Phi) is 8.41. The first-order chi connectivity index (χ1) is 15.8. The largest absolute Gasteiger partial charge is 0.461 e. The van der Waals surface area contributed by atoms with Crippen LogP contribution in [0.4, 0.5) is 23.2 Å². The Hall–Kier alpha value is -2.97. The number of ether oxygens (including phenoxy) is 2. The molecule has 0 spiro atoms. The highest BCUT2D eigenvalue weighted by Crippen LogP contribution is 2.30. The molecule has 0 amide bonds. The van der Waals surface area contributed by atoms with E-state index in [-0.39, 0.29) is 19.0 Å². The maximum atomic E-state index is 13.3. The van der Waals surface area contributed by atoms with Crippen molar-refractivity contribution in [1.82, 2.24) is 0 Å². The van der Waals surface area contributed by atoms with E-state index in [1.807, 2.05) is 30.3 Å². The number of rotatable bonds is 11. The fourth-order valence-corrected chi connectivity index (χ4v) is 3.16. The van der Waals surface area contributed by atoms with Gasteiger partial charge < -0.3 is 19.5 Å². The molecule has 4 nitrogen and oxygen atoms in total. The third-order valence-corrected chi connectivity index (χ3v) is 4.91. The summed E-state index contributed by atoms with van der Waals surface area (Å²) in [5.41, 5.74) is 1.19. The Morgan fingerprint density at radius 3 is 2.24 bits per heavy atom. The summed E-state index contributed by atoms with van der Waals surface area (Å²) in [5.74, 6) is 0.793. The zero-order valence-electron chi connectivity index (χ0n) is 17.4. The summed E-state index contributed by atoms with van der Waals surface area (Å²) in [7, 11) is 0. The van der Waals surface area contributed by atoms with Crippen LogP contribution in [0, 0.1) is 0 Å². The molecule has 3 aromatic carbocycles. The summed E-state index contributed by atoms with van der Waals surface area (Å²) in [6, 6.07) is 21.8. The second-order valence-electron chi connectivity index (χ2n) is 7.21. The zero-order valence-corrected chi connectivity index (χ0v) is 18.1. The van der Waals surface area contributed by atoms with Gasteiger partial charge in [-0.05, 0) is 42.0 Å². The minimum atomic E-state index is -4.60. The molecule has 0 radical (unpaired) electrons. The van der Waals surface area contributed by atoms with Crippen molar-refractivity contribution in [2.45, 2.75) is 25.2 Å². The Labute approximate surface area is 193 Å². The molecule has 0 fully saturated rings. The van der Waals surface area contributed by atoms with Gasteiger partial charge in [-0.2, -0.15) is 17.6 Å². The van der Waals surface area contributed by atoms with Crippen LogP contribution in [0.15, 0.2) is 78.9 Å². The molecule has 0 aliphatic rings. The normalized spacial score (nSPS) is 12.5. The van der Waals surface area contributed by atoms with Crippen molar-refractivity contribution < 1.29 is 32.1 Å². The van der Waals surface area contributed by atoms with Crippen molar-refractivity contribution in [2.24, 2.45) is 0 Å². The summed E-state index contributed by atoms with van der Waals surface area (Å²) in [6.07, 6.45) is -9.42. The highest BCUT2D eigenvalue weighted by Gasteiger charge is 2.44. The number of para-hydroxylation sites is 1. The predicted molar refractivity (Wildman–Crippen MR) is 119 cm³/mol. The first-order valence-corrected chi connectivity index (χ1v) is 10.6. The molecule has 9 heteroatoms. The number of anilines is 1. The molecule has 3 rings (SSSR count). The Morgan fingerprint density at radius 1 is 0.879 bits per heavy atom. The Bertz CT molecular complexity index is 1020. The highest BCUT2D eigenvalue weighted by molar-refractivity contribution is 6.18. The Morgan fingerprint density at radius 2 is 1.55 bits per heavy atom. The minimum Gasteiger partial charge on any atom is -0.457 e. The van der Waals surface area contributed by atoms with E-state index in [9.17, 15) is 22.7 Å². The molecule has 0 aliphatic heterocycles. The number of alkyl halides is 5. The van der Waals surface area contributed by atoms with Crippen LogP contribution < -0.4 is 14.4 Å². The smallest absolute Gasteiger partial charge is 0.457 e. The third-order valence-electron chi connectivity index (χ3n) is 4.55. The predicted octanol–water partition coefficient (Wildman–Crippen LogP) is 6.32. The van der Waals surface area contributed by atoms with Crippen molar-refractivity contribution in [3.05, 3.63) is 84.4 Å². The number of halogens is 5. The molecular weight excluding hydrogens is 462 g/mol.